The van der Waals surface area contributed by atoms with Crippen LogP contribution in [-0.4, -0.2) is 57.7 Å². The van der Waals surface area contributed by atoms with Gasteiger partial charge >= 0.3 is 0 Å². The third-order valence-electron chi connectivity index (χ3n) is 6.57. The Bertz CT molecular complexity index is 760. The number of carbonyl (C=O) groups is 1. The molecule has 0 unspecified atom stereocenters. The van der Waals surface area contributed by atoms with Crippen molar-refractivity contribution in [3.05, 3.63) is 54.4 Å². The first-order chi connectivity index (χ1) is 13.6. The fraction of sp³-hybridized carbons (Fsp3) is 0.565. The fourth-order valence-electron chi connectivity index (χ4n) is 5.18. The minimum Gasteiger partial charge on any atom is -0.337 e. The second kappa shape index (κ2) is 8.48. The van der Waals surface area contributed by atoms with Gasteiger partial charge in [0.2, 0.25) is 5.91 Å². The first-order valence-corrected chi connectivity index (χ1v) is 10.7. The number of amides is 1. The lowest BCUT2D eigenvalue weighted by molar-refractivity contribution is -0.137. The number of likely N-dealkylation sites (N-methyl/N-ethyl adjacent to an activating group) is 1. The van der Waals surface area contributed by atoms with Gasteiger partial charge < -0.3 is 9.80 Å². The van der Waals surface area contributed by atoms with Gasteiger partial charge in [-0.1, -0.05) is 50.1 Å². The third kappa shape index (κ3) is 3.86. The predicted octanol–water partition coefficient (Wildman–Crippen LogP) is 3.39. The molecular weight excluding hydrogens is 348 g/mol. The average molecular weight is 381 g/mol. The largest absolute Gasteiger partial charge is 0.337 e. The second-order valence-electron chi connectivity index (χ2n) is 8.52. The molecule has 0 saturated carbocycles. The number of benzene rings is 1. The normalized spacial score (nSPS) is 27.1. The van der Waals surface area contributed by atoms with Crippen molar-refractivity contribution < 1.29 is 4.79 Å². The van der Waals surface area contributed by atoms with Gasteiger partial charge in [-0.25, -0.2) is 0 Å². The summed E-state index contributed by atoms with van der Waals surface area (Å²) in [5.41, 5.74) is 1.36. The van der Waals surface area contributed by atoms with E-state index in [1.165, 1.54) is 24.8 Å². The van der Waals surface area contributed by atoms with Crippen molar-refractivity contribution in [1.29, 1.82) is 0 Å². The van der Waals surface area contributed by atoms with E-state index in [2.05, 4.69) is 52.3 Å². The number of aromatic nitrogens is 2. The molecular formula is C23H32N4O. The minimum atomic E-state index is -0.0641. The number of nitrogens with zero attached hydrogens (tertiary/aromatic N) is 4. The zero-order valence-electron chi connectivity index (χ0n) is 17.1. The van der Waals surface area contributed by atoms with Crippen LogP contribution in [0.4, 0.5) is 0 Å². The molecule has 1 amide bonds. The van der Waals surface area contributed by atoms with Gasteiger partial charge in [0.25, 0.3) is 0 Å². The quantitative estimate of drug-likeness (QED) is 0.816. The zero-order chi connectivity index (χ0) is 19.5. The lowest BCUT2D eigenvalue weighted by Crippen LogP contribution is -2.49. The number of hydrogen-bond acceptors (Lipinski definition) is 3. The molecule has 28 heavy (non-hydrogen) atoms. The van der Waals surface area contributed by atoms with Crippen LogP contribution in [0.5, 0.6) is 0 Å². The Morgan fingerprint density at radius 1 is 1.18 bits per heavy atom. The van der Waals surface area contributed by atoms with Gasteiger partial charge in [-0.3, -0.25) is 9.48 Å². The van der Waals surface area contributed by atoms with E-state index in [1.54, 1.807) is 6.20 Å². The summed E-state index contributed by atoms with van der Waals surface area (Å²) in [6, 6.07) is 13.4. The van der Waals surface area contributed by atoms with E-state index in [-0.39, 0.29) is 11.8 Å². The van der Waals surface area contributed by atoms with Gasteiger partial charge in [0.05, 0.1) is 12.5 Å². The van der Waals surface area contributed by atoms with Crippen LogP contribution in [0.25, 0.3) is 0 Å². The summed E-state index contributed by atoms with van der Waals surface area (Å²) >= 11 is 0. The van der Waals surface area contributed by atoms with E-state index in [0.717, 1.165) is 19.5 Å². The Morgan fingerprint density at radius 3 is 2.75 bits per heavy atom. The monoisotopic (exact) mass is 380 g/mol. The maximum Gasteiger partial charge on any atom is 0.227 e. The molecule has 150 valence electrons. The topological polar surface area (TPSA) is 41.4 Å². The van der Waals surface area contributed by atoms with Crippen LogP contribution in [0.3, 0.4) is 0 Å². The van der Waals surface area contributed by atoms with E-state index >= 15 is 0 Å². The van der Waals surface area contributed by atoms with Gasteiger partial charge in [-0.15, -0.1) is 0 Å². The van der Waals surface area contributed by atoms with Crippen LogP contribution in [0, 0.1) is 5.92 Å². The minimum absolute atomic E-state index is 0.0641. The van der Waals surface area contributed by atoms with Crippen LogP contribution in [0.2, 0.25) is 0 Å². The molecule has 2 fully saturated rings. The van der Waals surface area contributed by atoms with Crippen LogP contribution < -0.4 is 0 Å². The highest BCUT2D eigenvalue weighted by Gasteiger charge is 2.46. The average Bonchev–Trinajstić information content (AvgIpc) is 3.33. The fourth-order valence-corrected chi connectivity index (χ4v) is 5.18. The number of rotatable bonds is 4. The predicted molar refractivity (Wildman–Crippen MR) is 111 cm³/mol. The van der Waals surface area contributed by atoms with Crippen LogP contribution in [0.15, 0.2) is 48.8 Å². The Balaban J connectivity index is 1.60. The van der Waals surface area contributed by atoms with E-state index < -0.39 is 0 Å². The van der Waals surface area contributed by atoms with Gasteiger partial charge in [-0.05, 0) is 38.1 Å². The third-order valence-corrected chi connectivity index (χ3v) is 6.57. The molecule has 2 saturated heterocycles. The van der Waals surface area contributed by atoms with Gasteiger partial charge in [-0.2, -0.15) is 5.10 Å². The van der Waals surface area contributed by atoms with E-state index in [9.17, 15) is 4.79 Å². The van der Waals surface area contributed by atoms with Crippen molar-refractivity contribution in [2.24, 2.45) is 5.92 Å². The molecule has 4 atom stereocenters. The van der Waals surface area contributed by atoms with Crippen molar-refractivity contribution in [1.82, 2.24) is 19.6 Å². The lowest BCUT2D eigenvalue weighted by Gasteiger charge is -2.37. The van der Waals surface area contributed by atoms with Crippen LogP contribution >= 0.6 is 0 Å². The molecule has 2 aliphatic heterocycles. The lowest BCUT2D eigenvalue weighted by atomic mass is 9.87. The highest BCUT2D eigenvalue weighted by molar-refractivity contribution is 5.79. The van der Waals surface area contributed by atoms with E-state index in [0.29, 0.717) is 24.5 Å². The maximum absolute atomic E-state index is 13.5. The highest BCUT2D eigenvalue weighted by Crippen LogP contribution is 2.39. The van der Waals surface area contributed by atoms with Gasteiger partial charge in [0, 0.05) is 36.9 Å². The number of likely N-dealkylation sites (tertiary alicyclic amines) is 2. The van der Waals surface area contributed by atoms with Crippen molar-refractivity contribution in [2.75, 3.05) is 20.1 Å². The van der Waals surface area contributed by atoms with Gasteiger partial charge in [0.1, 0.15) is 0 Å². The zero-order valence-corrected chi connectivity index (χ0v) is 17.1. The summed E-state index contributed by atoms with van der Waals surface area (Å²) in [7, 11) is 2.25. The highest BCUT2D eigenvalue weighted by atomic mass is 16.2. The SMILES string of the molecule is C[C@H](Cn1cccn1)C(=O)N1C[C@@H](c2ccccc2)[C@H]2[C@H]1CCCCCN2C. The molecule has 0 radical (unpaired) electrons. The Labute approximate surface area is 168 Å². The molecule has 5 nitrogen and oxygen atoms in total. The Kier molecular flexibility index (Phi) is 5.81. The Morgan fingerprint density at radius 2 is 2.00 bits per heavy atom. The first-order valence-electron chi connectivity index (χ1n) is 10.7. The standard InChI is InChI=1S/C23H32N4O/c1-18(16-26-15-9-13-24-26)23(28)27-17-20(19-10-5-3-6-11-19)22-21(27)12-7-4-8-14-25(22)2/h3,5-6,9-11,13,15,18,20-22H,4,7-8,12,14,16-17H2,1-2H3/t18-,20+,21-,22+/m1/s1. The molecule has 2 aliphatic rings. The number of fused-ring (bicyclic) bond motifs is 1. The van der Waals surface area contributed by atoms with Crippen molar-refractivity contribution in [3.63, 3.8) is 0 Å². The molecule has 0 spiro atoms. The molecule has 5 heteroatoms. The molecule has 3 heterocycles. The number of hydrogen-bond donors (Lipinski definition) is 0. The smallest absolute Gasteiger partial charge is 0.227 e. The summed E-state index contributed by atoms with van der Waals surface area (Å²) in [6.45, 7) is 4.63. The second-order valence-corrected chi connectivity index (χ2v) is 8.52. The summed E-state index contributed by atoms with van der Waals surface area (Å²) < 4.78 is 1.87. The molecule has 0 bridgehead atoms. The Hall–Kier alpha value is -2.14. The van der Waals surface area contributed by atoms with Crippen molar-refractivity contribution in [2.45, 2.75) is 57.2 Å². The maximum atomic E-state index is 13.5. The van der Waals surface area contributed by atoms with Crippen LogP contribution in [0.1, 0.15) is 44.1 Å². The molecule has 4 rings (SSSR count). The van der Waals surface area contributed by atoms with Gasteiger partial charge in [0.15, 0.2) is 0 Å². The molecule has 1 aromatic heterocycles. The summed E-state index contributed by atoms with van der Waals surface area (Å²) in [5.74, 6) is 0.596. The molecule has 1 aromatic carbocycles. The van der Waals surface area contributed by atoms with Crippen molar-refractivity contribution >= 4 is 5.91 Å². The van der Waals surface area contributed by atoms with E-state index in [4.69, 9.17) is 0 Å². The summed E-state index contributed by atoms with van der Waals surface area (Å²) in [4.78, 5) is 18.2. The molecule has 2 aromatic rings. The first kappa shape index (κ1) is 19.2. The summed E-state index contributed by atoms with van der Waals surface area (Å²) in [5, 5.41) is 4.29. The number of carbonyl (C=O) groups excluding carboxylic acids is 1. The molecule has 0 aliphatic carbocycles. The van der Waals surface area contributed by atoms with Crippen LogP contribution in [-0.2, 0) is 11.3 Å². The van der Waals surface area contributed by atoms with Crippen molar-refractivity contribution in [3.8, 4) is 0 Å². The molecule has 0 N–H and O–H groups in total. The van der Waals surface area contributed by atoms with E-state index in [1.807, 2.05) is 23.9 Å². The summed E-state index contributed by atoms with van der Waals surface area (Å²) in [6.07, 6.45) is 8.55.